The summed E-state index contributed by atoms with van der Waals surface area (Å²) >= 11 is 0. The standard InChI is InChI=1S/C13H14N2O2/c16-11-6-13(17)15(8-11)7-9-1-2-12-10(5-9)3-4-14-12/h1-5,11,14,16H,6-8H2. The number of amides is 1. The number of rotatable bonds is 2. The van der Waals surface area contributed by atoms with Crippen molar-refractivity contribution in [2.45, 2.75) is 19.1 Å². The highest BCUT2D eigenvalue weighted by molar-refractivity contribution is 5.81. The predicted octanol–water partition coefficient (Wildman–Crippen LogP) is 1.26. The van der Waals surface area contributed by atoms with Gasteiger partial charge in [-0.05, 0) is 29.1 Å². The number of hydrogen-bond donors (Lipinski definition) is 2. The molecule has 2 aromatic rings. The Hall–Kier alpha value is -1.81. The Bertz CT molecular complexity index is 561. The van der Waals surface area contributed by atoms with Crippen LogP contribution in [0.15, 0.2) is 30.5 Å². The Morgan fingerprint density at radius 1 is 1.41 bits per heavy atom. The van der Waals surface area contributed by atoms with Crippen LogP contribution in [0, 0.1) is 0 Å². The summed E-state index contributed by atoms with van der Waals surface area (Å²) in [6, 6.07) is 8.11. The molecule has 88 valence electrons. The first-order valence-corrected chi connectivity index (χ1v) is 5.74. The zero-order chi connectivity index (χ0) is 11.8. The van der Waals surface area contributed by atoms with Crippen molar-refractivity contribution in [3.63, 3.8) is 0 Å². The van der Waals surface area contributed by atoms with Crippen LogP contribution in [0.5, 0.6) is 0 Å². The van der Waals surface area contributed by atoms with Gasteiger partial charge in [-0.2, -0.15) is 0 Å². The van der Waals surface area contributed by atoms with Crippen molar-refractivity contribution in [3.05, 3.63) is 36.0 Å². The first-order chi connectivity index (χ1) is 8.22. The molecule has 1 atom stereocenters. The number of aromatic nitrogens is 1. The molecule has 1 aromatic heterocycles. The van der Waals surface area contributed by atoms with E-state index in [0.29, 0.717) is 13.1 Å². The molecule has 1 aliphatic heterocycles. The van der Waals surface area contributed by atoms with Gasteiger partial charge in [-0.15, -0.1) is 0 Å². The van der Waals surface area contributed by atoms with E-state index < -0.39 is 6.10 Å². The lowest BCUT2D eigenvalue weighted by Crippen LogP contribution is -2.25. The van der Waals surface area contributed by atoms with Gasteiger partial charge in [-0.25, -0.2) is 0 Å². The summed E-state index contributed by atoms with van der Waals surface area (Å²) in [7, 11) is 0. The number of hydrogen-bond acceptors (Lipinski definition) is 2. The molecule has 1 amide bonds. The van der Waals surface area contributed by atoms with E-state index in [0.717, 1.165) is 16.5 Å². The minimum absolute atomic E-state index is 0.0339. The Morgan fingerprint density at radius 2 is 2.29 bits per heavy atom. The number of nitrogens with zero attached hydrogens (tertiary/aromatic N) is 1. The number of fused-ring (bicyclic) bond motifs is 1. The first-order valence-electron chi connectivity index (χ1n) is 5.74. The molecule has 4 nitrogen and oxygen atoms in total. The molecule has 4 heteroatoms. The van der Waals surface area contributed by atoms with Crippen molar-refractivity contribution >= 4 is 16.8 Å². The van der Waals surface area contributed by atoms with E-state index in [-0.39, 0.29) is 12.3 Å². The lowest BCUT2D eigenvalue weighted by molar-refractivity contribution is -0.128. The minimum atomic E-state index is -0.501. The molecular weight excluding hydrogens is 216 g/mol. The molecule has 17 heavy (non-hydrogen) atoms. The Morgan fingerprint density at radius 3 is 3.06 bits per heavy atom. The number of likely N-dealkylation sites (tertiary alicyclic amines) is 1. The third kappa shape index (κ3) is 1.91. The average molecular weight is 230 g/mol. The maximum Gasteiger partial charge on any atom is 0.225 e. The second-order valence-electron chi connectivity index (χ2n) is 4.53. The quantitative estimate of drug-likeness (QED) is 0.816. The molecule has 0 aliphatic carbocycles. The number of carbonyl (C=O) groups is 1. The number of β-amino-alcohol motifs (C(OH)–C–C–N with tert-alkyl or cyclic N) is 1. The zero-order valence-electron chi connectivity index (χ0n) is 9.39. The van der Waals surface area contributed by atoms with Crippen LogP contribution in [0.4, 0.5) is 0 Å². The van der Waals surface area contributed by atoms with Gasteiger partial charge in [-0.3, -0.25) is 4.79 Å². The summed E-state index contributed by atoms with van der Waals surface area (Å²) in [5.74, 6) is 0.0339. The van der Waals surface area contributed by atoms with Crippen LogP contribution in [0.2, 0.25) is 0 Å². The van der Waals surface area contributed by atoms with Crippen LogP contribution in [0.25, 0.3) is 10.9 Å². The van der Waals surface area contributed by atoms with Gasteiger partial charge in [0, 0.05) is 24.8 Å². The maximum absolute atomic E-state index is 11.6. The van der Waals surface area contributed by atoms with Crippen molar-refractivity contribution in [1.29, 1.82) is 0 Å². The summed E-state index contributed by atoms with van der Waals surface area (Å²) < 4.78 is 0. The largest absolute Gasteiger partial charge is 0.391 e. The Kier molecular flexibility index (Phi) is 2.37. The van der Waals surface area contributed by atoms with Crippen LogP contribution in [-0.2, 0) is 11.3 Å². The second kappa shape index (κ2) is 3.89. The summed E-state index contributed by atoms with van der Waals surface area (Å²) in [5, 5.41) is 10.6. The third-order valence-electron chi connectivity index (χ3n) is 3.19. The Balaban J connectivity index is 1.82. The summed E-state index contributed by atoms with van der Waals surface area (Å²) in [4.78, 5) is 16.4. The summed E-state index contributed by atoms with van der Waals surface area (Å²) in [6.07, 6.45) is 1.66. The molecule has 0 saturated carbocycles. The van der Waals surface area contributed by atoms with E-state index in [4.69, 9.17) is 0 Å². The molecule has 1 fully saturated rings. The molecule has 1 aromatic carbocycles. The molecule has 2 heterocycles. The van der Waals surface area contributed by atoms with Gasteiger partial charge in [0.15, 0.2) is 0 Å². The van der Waals surface area contributed by atoms with Crippen LogP contribution >= 0.6 is 0 Å². The second-order valence-corrected chi connectivity index (χ2v) is 4.53. The predicted molar refractivity (Wildman–Crippen MR) is 64.3 cm³/mol. The monoisotopic (exact) mass is 230 g/mol. The number of nitrogens with one attached hydrogen (secondary N) is 1. The Labute approximate surface area is 98.9 Å². The zero-order valence-corrected chi connectivity index (χ0v) is 9.39. The molecule has 3 rings (SSSR count). The fourth-order valence-electron chi connectivity index (χ4n) is 2.33. The van der Waals surface area contributed by atoms with Crippen LogP contribution in [-0.4, -0.2) is 33.5 Å². The highest BCUT2D eigenvalue weighted by atomic mass is 16.3. The van der Waals surface area contributed by atoms with Crippen molar-refractivity contribution in [2.24, 2.45) is 0 Å². The molecular formula is C13H14N2O2. The molecule has 0 bridgehead atoms. The molecule has 2 N–H and O–H groups in total. The lowest BCUT2D eigenvalue weighted by Gasteiger charge is -2.15. The van der Waals surface area contributed by atoms with E-state index >= 15 is 0 Å². The minimum Gasteiger partial charge on any atom is -0.391 e. The van der Waals surface area contributed by atoms with Gasteiger partial charge in [0.25, 0.3) is 0 Å². The van der Waals surface area contributed by atoms with Crippen molar-refractivity contribution in [1.82, 2.24) is 9.88 Å². The average Bonchev–Trinajstić information content (AvgIpc) is 2.85. The van der Waals surface area contributed by atoms with Gasteiger partial charge >= 0.3 is 0 Å². The van der Waals surface area contributed by atoms with Gasteiger partial charge in [-0.1, -0.05) is 6.07 Å². The summed E-state index contributed by atoms with van der Waals surface area (Å²) in [6.45, 7) is 1.03. The highest BCUT2D eigenvalue weighted by Crippen LogP contribution is 2.18. The van der Waals surface area contributed by atoms with Crippen LogP contribution in [0.1, 0.15) is 12.0 Å². The van der Waals surface area contributed by atoms with E-state index in [9.17, 15) is 9.90 Å². The topological polar surface area (TPSA) is 56.3 Å². The number of aliphatic hydroxyl groups is 1. The van der Waals surface area contributed by atoms with Crippen molar-refractivity contribution in [2.75, 3.05) is 6.54 Å². The number of aromatic amines is 1. The fourth-order valence-corrected chi connectivity index (χ4v) is 2.33. The molecule has 0 spiro atoms. The fraction of sp³-hybridized carbons (Fsp3) is 0.308. The van der Waals surface area contributed by atoms with Crippen molar-refractivity contribution in [3.8, 4) is 0 Å². The molecule has 1 unspecified atom stereocenters. The maximum atomic E-state index is 11.6. The molecule has 1 saturated heterocycles. The summed E-state index contributed by atoms with van der Waals surface area (Å²) in [5.41, 5.74) is 2.20. The SMILES string of the molecule is O=C1CC(O)CN1Cc1ccc2[nH]ccc2c1. The number of H-pyrrole nitrogens is 1. The van der Waals surface area contributed by atoms with Crippen molar-refractivity contribution < 1.29 is 9.90 Å². The molecule has 0 radical (unpaired) electrons. The number of benzene rings is 1. The van der Waals surface area contributed by atoms with E-state index in [1.807, 2.05) is 24.4 Å². The highest BCUT2D eigenvalue weighted by Gasteiger charge is 2.27. The van der Waals surface area contributed by atoms with Crippen LogP contribution < -0.4 is 0 Å². The third-order valence-corrected chi connectivity index (χ3v) is 3.19. The van der Waals surface area contributed by atoms with Gasteiger partial charge in [0.05, 0.1) is 12.5 Å². The van der Waals surface area contributed by atoms with E-state index in [2.05, 4.69) is 11.1 Å². The number of carbonyl (C=O) groups excluding carboxylic acids is 1. The lowest BCUT2D eigenvalue weighted by atomic mass is 10.1. The normalized spacial score (nSPS) is 20.4. The van der Waals surface area contributed by atoms with Gasteiger partial charge < -0.3 is 15.0 Å². The van der Waals surface area contributed by atoms with Gasteiger partial charge in [0.1, 0.15) is 0 Å². The molecule has 1 aliphatic rings. The van der Waals surface area contributed by atoms with Crippen LogP contribution in [0.3, 0.4) is 0 Å². The van der Waals surface area contributed by atoms with Gasteiger partial charge in [0.2, 0.25) is 5.91 Å². The smallest absolute Gasteiger partial charge is 0.225 e. The van der Waals surface area contributed by atoms with E-state index in [1.54, 1.807) is 4.90 Å². The first kappa shape index (κ1) is 10.4. The van der Waals surface area contributed by atoms with E-state index in [1.165, 1.54) is 0 Å². The number of aliphatic hydroxyl groups excluding tert-OH is 1.